The van der Waals surface area contributed by atoms with Crippen LogP contribution in [0.4, 0.5) is 0 Å². The lowest BCUT2D eigenvalue weighted by Crippen LogP contribution is -2.42. The monoisotopic (exact) mass is 291 g/mol. The Kier molecular flexibility index (Phi) is 3.77. The highest BCUT2D eigenvalue weighted by Gasteiger charge is 2.29. The van der Waals surface area contributed by atoms with Crippen molar-refractivity contribution in [2.75, 3.05) is 13.1 Å². The van der Waals surface area contributed by atoms with Crippen LogP contribution in [0, 0.1) is 0 Å². The molecule has 1 amide bonds. The maximum Gasteiger partial charge on any atom is 0.247 e. The van der Waals surface area contributed by atoms with Crippen molar-refractivity contribution in [1.29, 1.82) is 0 Å². The maximum absolute atomic E-state index is 12.5. The van der Waals surface area contributed by atoms with Crippen LogP contribution >= 0.6 is 11.3 Å². The summed E-state index contributed by atoms with van der Waals surface area (Å²) in [6, 6.07) is -0.299. The fraction of sp³-hybridized carbons (Fsp3) is 0.538. The van der Waals surface area contributed by atoms with Gasteiger partial charge in [-0.2, -0.15) is 5.10 Å². The molecule has 3 rings (SSSR count). The van der Waals surface area contributed by atoms with Gasteiger partial charge in [0.1, 0.15) is 18.7 Å². The molecule has 0 radical (unpaired) electrons. The van der Waals surface area contributed by atoms with Crippen LogP contribution in [0.3, 0.4) is 0 Å². The largest absolute Gasteiger partial charge is 0.340 e. The number of hydrogen-bond donors (Lipinski definition) is 0. The molecule has 0 spiro atoms. The first-order chi connectivity index (χ1) is 9.75. The van der Waals surface area contributed by atoms with Crippen LogP contribution in [-0.2, 0) is 4.79 Å². The number of carbonyl (C=O) groups excluding carboxylic acids is 1. The van der Waals surface area contributed by atoms with Crippen molar-refractivity contribution in [3.8, 4) is 0 Å². The van der Waals surface area contributed by atoms with Crippen LogP contribution in [0.15, 0.2) is 24.2 Å². The molecule has 0 N–H and O–H groups in total. The summed E-state index contributed by atoms with van der Waals surface area (Å²) in [5.74, 6) is 0.479. The number of thiazole rings is 1. The second kappa shape index (κ2) is 5.70. The fourth-order valence-corrected chi connectivity index (χ4v) is 3.38. The van der Waals surface area contributed by atoms with Crippen molar-refractivity contribution in [3.63, 3.8) is 0 Å². The van der Waals surface area contributed by atoms with Gasteiger partial charge >= 0.3 is 0 Å². The highest BCUT2D eigenvalue weighted by Crippen LogP contribution is 2.29. The van der Waals surface area contributed by atoms with Gasteiger partial charge in [-0.1, -0.05) is 0 Å². The van der Waals surface area contributed by atoms with Gasteiger partial charge in [-0.05, 0) is 19.8 Å². The molecular formula is C13H17N5OS. The molecule has 3 heterocycles. The smallest absolute Gasteiger partial charge is 0.247 e. The van der Waals surface area contributed by atoms with Crippen molar-refractivity contribution in [2.24, 2.45) is 0 Å². The van der Waals surface area contributed by atoms with Crippen LogP contribution in [-0.4, -0.2) is 43.6 Å². The van der Waals surface area contributed by atoms with Crippen molar-refractivity contribution in [3.05, 3.63) is 29.2 Å². The first-order valence-electron chi connectivity index (χ1n) is 6.78. The van der Waals surface area contributed by atoms with Gasteiger partial charge in [-0.25, -0.2) is 14.6 Å². The van der Waals surface area contributed by atoms with E-state index in [4.69, 9.17) is 0 Å². The molecule has 0 aliphatic carbocycles. The Morgan fingerprint density at radius 1 is 1.55 bits per heavy atom. The molecule has 7 heteroatoms. The molecule has 0 unspecified atom stereocenters. The summed E-state index contributed by atoms with van der Waals surface area (Å²) in [7, 11) is 0. The molecule has 0 saturated carbocycles. The topological polar surface area (TPSA) is 63.9 Å². The van der Waals surface area contributed by atoms with E-state index in [2.05, 4.69) is 15.1 Å². The highest BCUT2D eigenvalue weighted by atomic mass is 32.1. The molecule has 1 saturated heterocycles. The molecule has 2 aromatic rings. The second-order valence-corrected chi connectivity index (χ2v) is 5.97. The molecule has 2 aromatic heterocycles. The lowest BCUT2D eigenvalue weighted by atomic mass is 9.98. The third-order valence-electron chi connectivity index (χ3n) is 3.72. The van der Waals surface area contributed by atoms with E-state index in [1.54, 1.807) is 22.3 Å². The van der Waals surface area contributed by atoms with E-state index in [-0.39, 0.29) is 11.9 Å². The summed E-state index contributed by atoms with van der Waals surface area (Å²) in [6.45, 7) is 3.44. The lowest BCUT2D eigenvalue weighted by Gasteiger charge is -2.33. The van der Waals surface area contributed by atoms with Crippen LogP contribution in [0.25, 0.3) is 0 Å². The number of carbonyl (C=O) groups is 1. The van der Waals surface area contributed by atoms with Gasteiger partial charge in [0.15, 0.2) is 0 Å². The zero-order chi connectivity index (χ0) is 13.9. The van der Waals surface area contributed by atoms with Gasteiger partial charge in [-0.15, -0.1) is 11.3 Å². The van der Waals surface area contributed by atoms with Crippen molar-refractivity contribution in [1.82, 2.24) is 24.6 Å². The summed E-state index contributed by atoms with van der Waals surface area (Å²) in [5, 5.41) is 7.18. The summed E-state index contributed by atoms with van der Waals surface area (Å²) in [5.41, 5.74) is 0. The molecule has 2 atom stereocenters. The number of likely N-dealkylation sites (tertiary alicyclic amines) is 1. The van der Waals surface area contributed by atoms with Crippen molar-refractivity contribution in [2.45, 2.75) is 31.7 Å². The van der Waals surface area contributed by atoms with Gasteiger partial charge in [0.25, 0.3) is 0 Å². The average Bonchev–Trinajstić information content (AvgIpc) is 3.18. The molecule has 1 fully saturated rings. The Bertz CT molecular complexity index is 553. The quantitative estimate of drug-likeness (QED) is 0.863. The van der Waals surface area contributed by atoms with Crippen LogP contribution in [0.2, 0.25) is 0 Å². The first kappa shape index (κ1) is 13.2. The average molecular weight is 291 g/mol. The Labute approximate surface area is 121 Å². The second-order valence-electron chi connectivity index (χ2n) is 5.05. The summed E-state index contributed by atoms with van der Waals surface area (Å²) >= 11 is 1.67. The number of amides is 1. The van der Waals surface area contributed by atoms with E-state index in [9.17, 15) is 4.79 Å². The first-order valence-corrected chi connectivity index (χ1v) is 7.66. The molecule has 1 aliphatic heterocycles. The molecule has 20 heavy (non-hydrogen) atoms. The van der Waals surface area contributed by atoms with Crippen LogP contribution in [0.1, 0.15) is 36.7 Å². The number of aromatic nitrogens is 4. The zero-order valence-electron chi connectivity index (χ0n) is 11.3. The zero-order valence-corrected chi connectivity index (χ0v) is 12.2. The van der Waals surface area contributed by atoms with Gasteiger partial charge in [0, 0.05) is 30.6 Å². The van der Waals surface area contributed by atoms with Crippen molar-refractivity contribution < 1.29 is 4.79 Å². The SMILES string of the molecule is C[C@@H](C(=O)N1CCC[C@@H](c2nccs2)C1)n1cncn1. The van der Waals surface area contributed by atoms with E-state index >= 15 is 0 Å². The predicted octanol–water partition coefficient (Wildman–Crippen LogP) is 1.70. The third-order valence-corrected chi connectivity index (χ3v) is 4.66. The standard InChI is InChI=1S/C13H17N5OS/c1-10(18-9-14-8-16-18)13(19)17-5-2-3-11(7-17)12-15-4-6-20-12/h4,6,8-11H,2-3,5,7H2,1H3/t10-,11+/m0/s1. The molecule has 1 aliphatic rings. The summed E-state index contributed by atoms with van der Waals surface area (Å²) in [6.07, 6.45) is 7.01. The number of piperidine rings is 1. The van der Waals surface area contributed by atoms with Gasteiger partial charge in [-0.3, -0.25) is 4.79 Å². The van der Waals surface area contributed by atoms with E-state index < -0.39 is 0 Å². The van der Waals surface area contributed by atoms with E-state index in [0.29, 0.717) is 5.92 Å². The van der Waals surface area contributed by atoms with E-state index in [0.717, 1.165) is 30.9 Å². The number of rotatable bonds is 3. The fourth-order valence-electron chi connectivity index (χ4n) is 2.61. The van der Waals surface area contributed by atoms with E-state index in [1.807, 2.05) is 23.4 Å². The summed E-state index contributed by atoms with van der Waals surface area (Å²) in [4.78, 5) is 22.7. The van der Waals surface area contributed by atoms with Crippen molar-refractivity contribution >= 4 is 17.2 Å². The molecule has 0 bridgehead atoms. The Balaban J connectivity index is 1.69. The minimum absolute atomic E-state index is 0.108. The maximum atomic E-state index is 12.5. The van der Waals surface area contributed by atoms with Gasteiger partial charge in [0.05, 0.1) is 5.01 Å². The summed E-state index contributed by atoms with van der Waals surface area (Å²) < 4.78 is 1.61. The predicted molar refractivity (Wildman–Crippen MR) is 75.4 cm³/mol. The van der Waals surface area contributed by atoms with Gasteiger partial charge < -0.3 is 4.90 Å². The number of nitrogens with zero attached hydrogens (tertiary/aromatic N) is 5. The Morgan fingerprint density at radius 2 is 2.45 bits per heavy atom. The Hall–Kier alpha value is -1.76. The third kappa shape index (κ3) is 2.58. The normalized spacial score (nSPS) is 20.9. The highest BCUT2D eigenvalue weighted by molar-refractivity contribution is 7.09. The van der Waals surface area contributed by atoms with E-state index in [1.165, 1.54) is 6.33 Å². The lowest BCUT2D eigenvalue weighted by molar-refractivity contribution is -0.135. The number of hydrogen-bond acceptors (Lipinski definition) is 5. The minimum atomic E-state index is -0.299. The molecule has 106 valence electrons. The molecule has 0 aromatic carbocycles. The molecular weight excluding hydrogens is 274 g/mol. The van der Waals surface area contributed by atoms with Crippen LogP contribution < -0.4 is 0 Å². The minimum Gasteiger partial charge on any atom is -0.340 e. The van der Waals surface area contributed by atoms with Gasteiger partial charge in [0.2, 0.25) is 5.91 Å². The molecule has 6 nitrogen and oxygen atoms in total. The Morgan fingerprint density at radius 3 is 3.15 bits per heavy atom. The van der Waals surface area contributed by atoms with Crippen LogP contribution in [0.5, 0.6) is 0 Å².